The Kier molecular flexibility index (Phi) is 7.68. The van der Waals surface area contributed by atoms with Crippen LogP contribution in [0.15, 0.2) is 35.7 Å². The van der Waals surface area contributed by atoms with Crippen molar-refractivity contribution in [1.82, 2.24) is 9.80 Å². The summed E-state index contributed by atoms with van der Waals surface area (Å²) >= 11 is 1.41. The van der Waals surface area contributed by atoms with Crippen LogP contribution in [-0.2, 0) is 14.3 Å². The van der Waals surface area contributed by atoms with Crippen molar-refractivity contribution in [1.29, 1.82) is 0 Å². The SMILES string of the molecule is Cc1cc(OCC(=O)OCC(=O)N2CCN(C(=O)c3cccs3)CC2)ccc1C(C)C. The molecule has 0 radical (unpaired) electrons. The van der Waals surface area contributed by atoms with E-state index in [2.05, 4.69) is 13.8 Å². The van der Waals surface area contributed by atoms with Gasteiger partial charge in [-0.05, 0) is 47.5 Å². The molecule has 1 fully saturated rings. The average molecular weight is 445 g/mol. The summed E-state index contributed by atoms with van der Waals surface area (Å²) in [6.45, 7) is 7.45. The number of piperazine rings is 1. The zero-order valence-corrected chi connectivity index (χ0v) is 18.9. The maximum Gasteiger partial charge on any atom is 0.344 e. The van der Waals surface area contributed by atoms with Gasteiger partial charge in [0, 0.05) is 26.2 Å². The van der Waals surface area contributed by atoms with E-state index in [4.69, 9.17) is 9.47 Å². The lowest BCUT2D eigenvalue weighted by atomic mass is 9.98. The Balaban J connectivity index is 1.38. The molecule has 0 N–H and O–H groups in total. The number of esters is 1. The van der Waals surface area contributed by atoms with Gasteiger partial charge in [0.1, 0.15) is 5.75 Å². The van der Waals surface area contributed by atoms with Crippen molar-refractivity contribution in [2.24, 2.45) is 0 Å². The first-order valence-corrected chi connectivity index (χ1v) is 11.2. The van der Waals surface area contributed by atoms with Gasteiger partial charge in [0.2, 0.25) is 0 Å². The van der Waals surface area contributed by atoms with Gasteiger partial charge in [0.15, 0.2) is 13.2 Å². The zero-order chi connectivity index (χ0) is 22.4. The topological polar surface area (TPSA) is 76.2 Å². The second-order valence-corrected chi connectivity index (χ2v) is 8.72. The fraction of sp³-hybridized carbons (Fsp3) is 0.435. The Bertz CT molecular complexity index is 918. The predicted molar refractivity (Wildman–Crippen MR) is 119 cm³/mol. The number of rotatable bonds is 7. The molecule has 7 nitrogen and oxygen atoms in total. The van der Waals surface area contributed by atoms with Crippen LogP contribution >= 0.6 is 11.3 Å². The first-order chi connectivity index (χ1) is 14.8. The molecule has 0 spiro atoms. The summed E-state index contributed by atoms with van der Waals surface area (Å²) in [7, 11) is 0. The lowest BCUT2D eigenvalue weighted by Crippen LogP contribution is -2.51. The highest BCUT2D eigenvalue weighted by Crippen LogP contribution is 2.23. The van der Waals surface area contributed by atoms with Crippen LogP contribution in [0, 0.1) is 6.92 Å². The van der Waals surface area contributed by atoms with Crippen molar-refractivity contribution in [3.05, 3.63) is 51.7 Å². The average Bonchev–Trinajstić information content (AvgIpc) is 3.30. The number of aryl methyl sites for hydroxylation is 1. The largest absolute Gasteiger partial charge is 0.482 e. The van der Waals surface area contributed by atoms with E-state index in [-0.39, 0.29) is 25.0 Å². The Hall–Kier alpha value is -2.87. The van der Waals surface area contributed by atoms with Gasteiger partial charge in [-0.3, -0.25) is 9.59 Å². The molecule has 1 aliphatic heterocycles. The molecule has 0 atom stereocenters. The van der Waals surface area contributed by atoms with E-state index in [1.807, 2.05) is 36.6 Å². The minimum atomic E-state index is -0.592. The second-order valence-electron chi connectivity index (χ2n) is 7.77. The van der Waals surface area contributed by atoms with Crippen LogP contribution < -0.4 is 4.74 Å². The van der Waals surface area contributed by atoms with Crippen LogP contribution in [0.2, 0.25) is 0 Å². The second kappa shape index (κ2) is 10.4. The normalized spacial score (nSPS) is 13.9. The van der Waals surface area contributed by atoms with E-state index in [0.29, 0.717) is 42.7 Å². The number of thiophene rings is 1. The summed E-state index contributed by atoms with van der Waals surface area (Å²) < 4.78 is 10.6. The van der Waals surface area contributed by atoms with Crippen LogP contribution in [0.5, 0.6) is 5.75 Å². The molecule has 1 aromatic carbocycles. The maximum absolute atomic E-state index is 12.4. The van der Waals surface area contributed by atoms with Gasteiger partial charge >= 0.3 is 5.97 Å². The van der Waals surface area contributed by atoms with Gasteiger partial charge in [0.25, 0.3) is 11.8 Å². The van der Waals surface area contributed by atoms with Crippen LogP contribution in [0.4, 0.5) is 0 Å². The molecule has 1 saturated heterocycles. The lowest BCUT2D eigenvalue weighted by Gasteiger charge is -2.34. The van der Waals surface area contributed by atoms with Crippen molar-refractivity contribution in [3.63, 3.8) is 0 Å². The molecule has 0 unspecified atom stereocenters. The number of ether oxygens (including phenoxy) is 2. The van der Waals surface area contributed by atoms with Gasteiger partial charge in [-0.25, -0.2) is 4.79 Å². The van der Waals surface area contributed by atoms with E-state index in [1.54, 1.807) is 15.9 Å². The highest BCUT2D eigenvalue weighted by atomic mass is 32.1. The monoisotopic (exact) mass is 444 g/mol. The van der Waals surface area contributed by atoms with Gasteiger partial charge < -0.3 is 19.3 Å². The number of benzene rings is 1. The molecular weight excluding hydrogens is 416 g/mol. The molecular formula is C23H28N2O5S. The number of hydrogen-bond acceptors (Lipinski definition) is 6. The molecule has 3 rings (SSSR count). The molecule has 31 heavy (non-hydrogen) atoms. The molecule has 1 aliphatic rings. The number of nitrogens with zero attached hydrogens (tertiary/aromatic N) is 2. The van der Waals surface area contributed by atoms with Crippen molar-refractivity contribution in [2.45, 2.75) is 26.7 Å². The summed E-state index contributed by atoms with van der Waals surface area (Å²) in [6, 6.07) is 9.36. The smallest absolute Gasteiger partial charge is 0.344 e. The molecule has 0 bridgehead atoms. The van der Waals surface area contributed by atoms with Crippen molar-refractivity contribution in [2.75, 3.05) is 39.4 Å². The Morgan fingerprint density at radius 3 is 2.35 bits per heavy atom. The molecule has 8 heteroatoms. The van der Waals surface area contributed by atoms with Crippen LogP contribution in [0.3, 0.4) is 0 Å². The number of carbonyl (C=O) groups is 3. The first kappa shape index (κ1) is 22.8. The highest BCUT2D eigenvalue weighted by Gasteiger charge is 2.25. The molecule has 2 amide bonds. The number of amides is 2. The van der Waals surface area contributed by atoms with E-state index < -0.39 is 5.97 Å². The van der Waals surface area contributed by atoms with Gasteiger partial charge in [-0.2, -0.15) is 0 Å². The Morgan fingerprint density at radius 2 is 1.74 bits per heavy atom. The van der Waals surface area contributed by atoms with Crippen molar-refractivity contribution in [3.8, 4) is 5.75 Å². The summed E-state index contributed by atoms with van der Waals surface area (Å²) in [6.07, 6.45) is 0. The quantitative estimate of drug-likeness (QED) is 0.614. The highest BCUT2D eigenvalue weighted by molar-refractivity contribution is 7.12. The van der Waals surface area contributed by atoms with Crippen LogP contribution in [0.1, 0.15) is 40.6 Å². The molecule has 1 aromatic heterocycles. The van der Waals surface area contributed by atoms with Crippen LogP contribution in [-0.4, -0.2) is 67.0 Å². The molecule has 2 aromatic rings. The van der Waals surface area contributed by atoms with Crippen molar-refractivity contribution >= 4 is 29.1 Å². The Labute approximate surface area is 186 Å². The summed E-state index contributed by atoms with van der Waals surface area (Å²) in [5.74, 6) is 0.138. The third-order valence-electron chi connectivity index (χ3n) is 5.23. The van der Waals surface area contributed by atoms with E-state index in [9.17, 15) is 14.4 Å². The minimum absolute atomic E-state index is 0.0117. The van der Waals surface area contributed by atoms with Gasteiger partial charge in [0.05, 0.1) is 4.88 Å². The molecule has 0 aliphatic carbocycles. The standard InChI is InChI=1S/C23H28N2O5S/c1-16(2)19-7-6-18(13-17(19)3)29-15-22(27)30-14-21(26)24-8-10-25(11-9-24)23(28)20-5-4-12-31-20/h4-7,12-13,16H,8-11,14-15H2,1-3H3. The summed E-state index contributed by atoms with van der Waals surface area (Å²) in [5, 5.41) is 1.87. The maximum atomic E-state index is 12.4. The zero-order valence-electron chi connectivity index (χ0n) is 18.1. The first-order valence-electron chi connectivity index (χ1n) is 10.3. The third-order valence-corrected chi connectivity index (χ3v) is 6.09. The third kappa shape index (κ3) is 6.07. The number of carbonyl (C=O) groups excluding carboxylic acids is 3. The minimum Gasteiger partial charge on any atom is -0.482 e. The van der Waals surface area contributed by atoms with Gasteiger partial charge in [-0.15, -0.1) is 11.3 Å². The molecule has 0 saturated carbocycles. The number of hydrogen-bond donors (Lipinski definition) is 0. The fourth-order valence-corrected chi connectivity index (χ4v) is 4.21. The van der Waals surface area contributed by atoms with E-state index in [0.717, 1.165) is 5.56 Å². The van der Waals surface area contributed by atoms with Crippen molar-refractivity contribution < 1.29 is 23.9 Å². The summed E-state index contributed by atoms with van der Waals surface area (Å²) in [5.41, 5.74) is 2.34. The summed E-state index contributed by atoms with van der Waals surface area (Å²) in [4.78, 5) is 40.7. The fourth-order valence-electron chi connectivity index (χ4n) is 3.52. The molecule has 2 heterocycles. The van der Waals surface area contributed by atoms with E-state index >= 15 is 0 Å². The van der Waals surface area contributed by atoms with Gasteiger partial charge in [-0.1, -0.05) is 26.0 Å². The van der Waals surface area contributed by atoms with Crippen LogP contribution in [0.25, 0.3) is 0 Å². The Morgan fingerprint density at radius 1 is 1.03 bits per heavy atom. The predicted octanol–water partition coefficient (Wildman–Crippen LogP) is 3.09. The van der Waals surface area contributed by atoms with E-state index in [1.165, 1.54) is 16.9 Å². The molecule has 166 valence electrons. The lowest BCUT2D eigenvalue weighted by molar-refractivity contribution is -0.154.